The Morgan fingerprint density at radius 3 is 2.56 bits per heavy atom. The number of carbonyl (C=O) groups is 1. The summed E-state index contributed by atoms with van der Waals surface area (Å²) in [5.41, 5.74) is 12.8. The first kappa shape index (κ1) is 14.3. The maximum atomic E-state index is 10.8. The van der Waals surface area contributed by atoms with E-state index < -0.39 is 0 Å². The van der Waals surface area contributed by atoms with Crippen LogP contribution in [0.25, 0.3) is 0 Å². The molecule has 4 N–H and O–H groups in total. The minimum atomic E-state index is -0.383. The van der Waals surface area contributed by atoms with Gasteiger partial charge in [0.1, 0.15) is 0 Å². The van der Waals surface area contributed by atoms with Gasteiger partial charge in [-0.05, 0) is 24.1 Å². The summed E-state index contributed by atoms with van der Waals surface area (Å²) in [5.74, 6) is 5.85. The van der Waals surface area contributed by atoms with Crippen LogP contribution in [0.15, 0.2) is 24.3 Å². The zero-order valence-electron chi connectivity index (χ0n) is 10.8. The van der Waals surface area contributed by atoms with Gasteiger partial charge in [0.2, 0.25) is 5.91 Å². The van der Waals surface area contributed by atoms with Crippen LogP contribution in [0.1, 0.15) is 49.8 Å². The van der Waals surface area contributed by atoms with Gasteiger partial charge in [-0.2, -0.15) is 0 Å². The quantitative estimate of drug-likeness (QED) is 0.615. The number of unbranched alkanes of at least 4 members (excludes halogenated alkanes) is 2. The van der Waals surface area contributed by atoms with Gasteiger partial charge in [0.05, 0.1) is 0 Å². The fourth-order valence-electron chi connectivity index (χ4n) is 1.58. The fraction of sp³-hybridized carbons (Fsp3) is 0.400. The summed E-state index contributed by atoms with van der Waals surface area (Å²) in [4.78, 5) is 10.8. The van der Waals surface area contributed by atoms with Crippen molar-refractivity contribution in [2.75, 3.05) is 0 Å². The van der Waals surface area contributed by atoms with Crippen molar-refractivity contribution in [1.29, 1.82) is 0 Å². The van der Waals surface area contributed by atoms with Gasteiger partial charge < -0.3 is 11.5 Å². The third kappa shape index (κ3) is 5.03. The highest BCUT2D eigenvalue weighted by molar-refractivity contribution is 5.74. The first-order valence-corrected chi connectivity index (χ1v) is 6.26. The largest absolute Gasteiger partial charge is 0.370 e. The predicted molar refractivity (Wildman–Crippen MR) is 73.6 cm³/mol. The SMILES string of the molecule is CCCCC#Cc1ccc(C(N)CC(N)=O)cc1. The molecule has 1 rings (SSSR count). The van der Waals surface area contributed by atoms with E-state index in [0.717, 1.165) is 30.4 Å². The summed E-state index contributed by atoms with van der Waals surface area (Å²) >= 11 is 0. The highest BCUT2D eigenvalue weighted by Crippen LogP contribution is 2.14. The van der Waals surface area contributed by atoms with E-state index in [-0.39, 0.29) is 18.4 Å². The standard InChI is InChI=1S/C15H20N2O/c1-2-3-4-5-6-12-7-9-13(10-8-12)14(16)11-15(17)18/h7-10,14H,2-4,11,16H2,1H3,(H2,17,18). The maximum absolute atomic E-state index is 10.8. The first-order chi connectivity index (χ1) is 8.63. The molecule has 1 unspecified atom stereocenters. The van der Waals surface area contributed by atoms with Crippen LogP contribution in [-0.2, 0) is 4.79 Å². The van der Waals surface area contributed by atoms with E-state index in [2.05, 4.69) is 18.8 Å². The zero-order chi connectivity index (χ0) is 13.4. The second kappa shape index (κ2) is 7.52. The van der Waals surface area contributed by atoms with E-state index in [0.29, 0.717) is 0 Å². The van der Waals surface area contributed by atoms with Crippen LogP contribution in [0.3, 0.4) is 0 Å². The number of primary amides is 1. The molecule has 3 heteroatoms. The lowest BCUT2D eigenvalue weighted by Crippen LogP contribution is -2.20. The van der Waals surface area contributed by atoms with Crippen molar-refractivity contribution < 1.29 is 4.79 Å². The molecule has 0 radical (unpaired) electrons. The van der Waals surface area contributed by atoms with Gasteiger partial charge >= 0.3 is 0 Å². The molecule has 1 aromatic rings. The Hall–Kier alpha value is -1.79. The smallest absolute Gasteiger partial charge is 0.219 e. The van der Waals surface area contributed by atoms with Gasteiger partial charge in [-0.15, -0.1) is 0 Å². The number of nitrogens with two attached hydrogens (primary N) is 2. The maximum Gasteiger partial charge on any atom is 0.219 e. The van der Waals surface area contributed by atoms with Crippen molar-refractivity contribution >= 4 is 5.91 Å². The molecule has 0 aliphatic heterocycles. The number of amides is 1. The topological polar surface area (TPSA) is 69.1 Å². The molecule has 0 bridgehead atoms. The summed E-state index contributed by atoms with van der Waals surface area (Å²) in [6, 6.07) is 7.32. The van der Waals surface area contributed by atoms with E-state index in [4.69, 9.17) is 11.5 Å². The van der Waals surface area contributed by atoms with Crippen LogP contribution in [0.2, 0.25) is 0 Å². The van der Waals surface area contributed by atoms with Gasteiger partial charge in [0.25, 0.3) is 0 Å². The molecular weight excluding hydrogens is 224 g/mol. The summed E-state index contributed by atoms with van der Waals surface area (Å²) in [5, 5.41) is 0. The van der Waals surface area contributed by atoms with Crippen LogP contribution in [0.5, 0.6) is 0 Å². The van der Waals surface area contributed by atoms with E-state index in [1.807, 2.05) is 24.3 Å². The molecule has 0 heterocycles. The monoisotopic (exact) mass is 244 g/mol. The molecule has 1 aromatic carbocycles. The molecule has 0 aromatic heterocycles. The molecular formula is C15H20N2O. The Morgan fingerprint density at radius 1 is 1.33 bits per heavy atom. The third-order valence-electron chi connectivity index (χ3n) is 2.65. The van der Waals surface area contributed by atoms with Gasteiger partial charge in [-0.3, -0.25) is 4.79 Å². The summed E-state index contributed by atoms with van der Waals surface area (Å²) in [7, 11) is 0. The average molecular weight is 244 g/mol. The van der Waals surface area contributed by atoms with Crippen LogP contribution in [0.4, 0.5) is 0 Å². The predicted octanol–water partition coefficient (Wildman–Crippen LogP) is 2.10. The number of benzene rings is 1. The van der Waals surface area contributed by atoms with Gasteiger partial charge in [0, 0.05) is 24.4 Å². The summed E-state index contributed by atoms with van der Waals surface area (Å²) in [6.45, 7) is 2.15. The third-order valence-corrected chi connectivity index (χ3v) is 2.65. The molecule has 1 amide bonds. The minimum Gasteiger partial charge on any atom is -0.370 e. The second-order valence-corrected chi connectivity index (χ2v) is 4.30. The number of hydrogen-bond acceptors (Lipinski definition) is 2. The van der Waals surface area contributed by atoms with E-state index in [1.54, 1.807) is 0 Å². The molecule has 0 spiro atoms. The van der Waals surface area contributed by atoms with Crippen LogP contribution in [-0.4, -0.2) is 5.91 Å². The molecule has 0 aliphatic rings. The van der Waals surface area contributed by atoms with Crippen molar-refractivity contribution in [2.45, 2.75) is 38.6 Å². The Morgan fingerprint density at radius 2 is 2.00 bits per heavy atom. The summed E-state index contributed by atoms with van der Waals surface area (Å²) in [6.07, 6.45) is 3.39. The van der Waals surface area contributed by atoms with Crippen LogP contribution >= 0.6 is 0 Å². The lowest BCUT2D eigenvalue weighted by atomic mass is 10.0. The lowest BCUT2D eigenvalue weighted by Gasteiger charge is -2.09. The second-order valence-electron chi connectivity index (χ2n) is 4.30. The Kier molecular flexibility index (Phi) is 5.96. The lowest BCUT2D eigenvalue weighted by molar-refractivity contribution is -0.118. The number of carbonyl (C=O) groups excluding carboxylic acids is 1. The van der Waals surface area contributed by atoms with E-state index >= 15 is 0 Å². The van der Waals surface area contributed by atoms with Crippen LogP contribution in [0, 0.1) is 11.8 Å². The number of rotatable bonds is 5. The number of hydrogen-bond donors (Lipinski definition) is 2. The first-order valence-electron chi connectivity index (χ1n) is 6.26. The van der Waals surface area contributed by atoms with Crippen molar-refractivity contribution in [3.05, 3.63) is 35.4 Å². The Balaban J connectivity index is 2.61. The Bertz CT molecular complexity index is 440. The normalized spacial score (nSPS) is 11.4. The average Bonchev–Trinajstić information content (AvgIpc) is 2.34. The van der Waals surface area contributed by atoms with Crippen molar-refractivity contribution in [3.63, 3.8) is 0 Å². The molecule has 18 heavy (non-hydrogen) atoms. The molecule has 1 atom stereocenters. The molecule has 96 valence electrons. The van der Waals surface area contributed by atoms with Crippen LogP contribution < -0.4 is 11.5 Å². The zero-order valence-corrected chi connectivity index (χ0v) is 10.8. The molecule has 3 nitrogen and oxygen atoms in total. The van der Waals surface area contributed by atoms with Crippen molar-refractivity contribution in [2.24, 2.45) is 11.5 Å². The highest BCUT2D eigenvalue weighted by Gasteiger charge is 2.08. The van der Waals surface area contributed by atoms with Gasteiger partial charge in [-0.1, -0.05) is 37.3 Å². The molecule has 0 aliphatic carbocycles. The van der Waals surface area contributed by atoms with E-state index in [1.165, 1.54) is 0 Å². The van der Waals surface area contributed by atoms with Crippen molar-refractivity contribution in [1.82, 2.24) is 0 Å². The molecule has 0 saturated heterocycles. The summed E-state index contributed by atoms with van der Waals surface area (Å²) < 4.78 is 0. The minimum absolute atomic E-state index is 0.168. The fourth-order valence-corrected chi connectivity index (χ4v) is 1.58. The van der Waals surface area contributed by atoms with Crippen molar-refractivity contribution in [3.8, 4) is 11.8 Å². The van der Waals surface area contributed by atoms with E-state index in [9.17, 15) is 4.79 Å². The molecule has 0 saturated carbocycles. The van der Waals surface area contributed by atoms with Gasteiger partial charge in [-0.25, -0.2) is 0 Å². The van der Waals surface area contributed by atoms with Gasteiger partial charge in [0.15, 0.2) is 0 Å². The highest BCUT2D eigenvalue weighted by atomic mass is 16.1. The Labute approximate surface area is 109 Å². The molecule has 0 fully saturated rings.